The smallest absolute Gasteiger partial charge is 0.148 e. The fourth-order valence-corrected chi connectivity index (χ4v) is 4.57. The molecule has 176 valence electrons. The number of nitrogens with zero attached hydrogens (tertiary/aromatic N) is 2. The molecule has 0 radical (unpaired) electrons. The number of hydrogen-bond acceptors (Lipinski definition) is 6. The molecule has 0 saturated heterocycles. The molecule has 34 heavy (non-hydrogen) atoms. The van der Waals surface area contributed by atoms with Crippen molar-refractivity contribution in [3.05, 3.63) is 77.0 Å². The number of benzene rings is 2. The highest BCUT2D eigenvalue weighted by Crippen LogP contribution is 2.42. The fourth-order valence-electron chi connectivity index (χ4n) is 4.57. The number of aliphatic hydroxyl groups is 1. The molecule has 1 aliphatic heterocycles. The summed E-state index contributed by atoms with van der Waals surface area (Å²) in [7, 11) is 3.54. The Kier molecular flexibility index (Phi) is 6.55. The van der Waals surface area contributed by atoms with E-state index in [2.05, 4.69) is 17.0 Å². The van der Waals surface area contributed by atoms with Gasteiger partial charge in [0.05, 0.1) is 29.1 Å². The summed E-state index contributed by atoms with van der Waals surface area (Å²) < 4.78 is 5.25. The molecule has 2 heterocycles. The van der Waals surface area contributed by atoms with Crippen LogP contribution in [0.15, 0.2) is 65.8 Å². The van der Waals surface area contributed by atoms with Crippen LogP contribution in [0.25, 0.3) is 27.7 Å². The van der Waals surface area contributed by atoms with Gasteiger partial charge in [-0.05, 0) is 54.3 Å². The maximum absolute atomic E-state index is 11.9. The normalized spacial score (nSPS) is 17.0. The molecule has 0 unspecified atom stereocenters. The Hall–Kier alpha value is -3.48. The van der Waals surface area contributed by atoms with E-state index < -0.39 is 5.60 Å². The molecule has 4 rings (SSSR count). The number of para-hydroxylation sites is 1. The number of aldehydes is 1. The Balaban J connectivity index is 2.02. The van der Waals surface area contributed by atoms with E-state index in [9.17, 15) is 9.90 Å². The first-order valence-corrected chi connectivity index (χ1v) is 11.4. The molecule has 0 amide bonds. The fraction of sp³-hybridized carbons (Fsp3) is 0.286. The number of pyridine rings is 1. The summed E-state index contributed by atoms with van der Waals surface area (Å²) in [5.74, 6) is 0. The average Bonchev–Trinajstić information content (AvgIpc) is 3.13. The zero-order valence-corrected chi connectivity index (χ0v) is 20.1. The van der Waals surface area contributed by atoms with E-state index in [4.69, 9.17) is 15.5 Å². The van der Waals surface area contributed by atoms with Gasteiger partial charge in [-0.1, -0.05) is 37.3 Å². The first kappa shape index (κ1) is 23.7. The Morgan fingerprint density at radius 2 is 2.03 bits per heavy atom. The van der Waals surface area contributed by atoms with Gasteiger partial charge in [0.2, 0.25) is 0 Å². The molecular formula is C28H31N3O3. The largest absolute Gasteiger partial charge is 0.399 e. The van der Waals surface area contributed by atoms with Gasteiger partial charge in [-0.2, -0.15) is 0 Å². The predicted molar refractivity (Wildman–Crippen MR) is 137 cm³/mol. The number of carbonyl (C=O) groups is 1. The predicted octanol–water partition coefficient (Wildman–Crippen LogP) is 4.57. The number of hydrogen-bond donors (Lipinski definition) is 2. The topological polar surface area (TPSA) is 88.7 Å². The van der Waals surface area contributed by atoms with Crippen molar-refractivity contribution in [1.29, 1.82) is 0 Å². The first-order valence-electron chi connectivity index (χ1n) is 11.4. The number of fused-ring (bicyclic) bond motifs is 2. The van der Waals surface area contributed by atoms with Gasteiger partial charge in [-0.25, -0.2) is 4.98 Å². The average molecular weight is 458 g/mol. The maximum Gasteiger partial charge on any atom is 0.148 e. The molecule has 0 bridgehead atoms. The lowest BCUT2D eigenvalue weighted by molar-refractivity contribution is -0.105. The Bertz CT molecular complexity index is 1310. The number of carbonyl (C=O) groups excluding carboxylic acids is 1. The molecule has 3 aromatic rings. The highest BCUT2D eigenvalue weighted by atomic mass is 16.5. The van der Waals surface area contributed by atoms with Gasteiger partial charge in [-0.3, -0.25) is 4.79 Å². The van der Waals surface area contributed by atoms with E-state index >= 15 is 0 Å². The van der Waals surface area contributed by atoms with Crippen molar-refractivity contribution < 1.29 is 14.6 Å². The van der Waals surface area contributed by atoms with Crippen molar-refractivity contribution in [3.8, 4) is 11.1 Å². The molecule has 2 aromatic carbocycles. The zero-order valence-electron chi connectivity index (χ0n) is 20.1. The number of rotatable bonds is 7. The van der Waals surface area contributed by atoms with Crippen LogP contribution in [-0.2, 0) is 16.1 Å². The third kappa shape index (κ3) is 4.22. The summed E-state index contributed by atoms with van der Waals surface area (Å²) in [5.41, 5.74) is 12.4. The summed E-state index contributed by atoms with van der Waals surface area (Å²) in [6, 6.07) is 16.0. The third-order valence-corrected chi connectivity index (χ3v) is 6.56. The van der Waals surface area contributed by atoms with Gasteiger partial charge in [0, 0.05) is 42.9 Å². The van der Waals surface area contributed by atoms with E-state index in [1.165, 1.54) is 7.11 Å². The van der Waals surface area contributed by atoms with Crippen molar-refractivity contribution in [2.75, 3.05) is 26.5 Å². The van der Waals surface area contributed by atoms with Crippen LogP contribution >= 0.6 is 0 Å². The zero-order chi connectivity index (χ0) is 24.5. The van der Waals surface area contributed by atoms with Crippen molar-refractivity contribution >= 4 is 28.6 Å². The van der Waals surface area contributed by atoms with E-state index in [1.54, 1.807) is 6.92 Å². The molecule has 1 atom stereocenters. The Labute approximate surface area is 200 Å². The van der Waals surface area contributed by atoms with E-state index in [-0.39, 0.29) is 6.61 Å². The summed E-state index contributed by atoms with van der Waals surface area (Å²) >= 11 is 0. The van der Waals surface area contributed by atoms with Crippen LogP contribution < -0.4 is 5.73 Å². The number of aromatic nitrogens is 1. The molecule has 0 aliphatic carbocycles. The van der Waals surface area contributed by atoms with E-state index in [0.29, 0.717) is 29.8 Å². The lowest BCUT2D eigenvalue weighted by atomic mass is 9.88. The summed E-state index contributed by atoms with van der Waals surface area (Å²) in [6.07, 6.45) is 3.11. The van der Waals surface area contributed by atoms with Crippen molar-refractivity contribution in [2.24, 2.45) is 0 Å². The number of anilines is 1. The van der Waals surface area contributed by atoms with Gasteiger partial charge < -0.3 is 20.5 Å². The van der Waals surface area contributed by atoms with Crippen LogP contribution in [0, 0.1) is 0 Å². The molecule has 6 nitrogen and oxygen atoms in total. The minimum Gasteiger partial charge on any atom is -0.399 e. The third-order valence-electron chi connectivity index (χ3n) is 6.56. The second-order valence-electron chi connectivity index (χ2n) is 8.96. The molecule has 3 N–H and O–H groups in total. The molecule has 1 aromatic heterocycles. The molecule has 0 spiro atoms. The summed E-state index contributed by atoms with van der Waals surface area (Å²) in [6.45, 7) is 4.38. The van der Waals surface area contributed by atoms with Gasteiger partial charge in [0.25, 0.3) is 0 Å². The first-order chi connectivity index (χ1) is 16.3. The van der Waals surface area contributed by atoms with Crippen LogP contribution in [0.2, 0.25) is 0 Å². The number of methoxy groups -OCH3 is 1. The van der Waals surface area contributed by atoms with Crippen LogP contribution in [0.5, 0.6) is 0 Å². The van der Waals surface area contributed by atoms with Crippen LogP contribution in [0.3, 0.4) is 0 Å². The minimum absolute atomic E-state index is 0.120. The number of nitrogens with two attached hydrogens (primary N) is 1. The summed E-state index contributed by atoms with van der Waals surface area (Å²) in [5, 5.41) is 12.2. The lowest BCUT2D eigenvalue weighted by Gasteiger charge is -2.26. The number of nitrogen functional groups attached to an aromatic ring is 1. The molecule has 1 aliphatic rings. The number of ether oxygens (including phenoxy) is 1. The highest BCUT2D eigenvalue weighted by molar-refractivity contribution is 5.99. The van der Waals surface area contributed by atoms with E-state index in [1.807, 2.05) is 56.4 Å². The minimum atomic E-state index is -1.20. The van der Waals surface area contributed by atoms with Crippen LogP contribution in [-0.4, -0.2) is 47.6 Å². The van der Waals surface area contributed by atoms with Crippen molar-refractivity contribution in [2.45, 2.75) is 32.4 Å². The van der Waals surface area contributed by atoms with Crippen molar-refractivity contribution in [3.63, 3.8) is 0 Å². The van der Waals surface area contributed by atoms with Gasteiger partial charge in [-0.15, -0.1) is 0 Å². The second kappa shape index (κ2) is 9.41. The molecule has 0 fully saturated rings. The van der Waals surface area contributed by atoms with Gasteiger partial charge in [0.15, 0.2) is 0 Å². The van der Waals surface area contributed by atoms with Gasteiger partial charge >= 0.3 is 0 Å². The molecular weight excluding hydrogens is 426 g/mol. The molecule has 0 saturated carbocycles. The quantitative estimate of drug-likeness (QED) is 0.307. The van der Waals surface area contributed by atoms with Gasteiger partial charge in [0.1, 0.15) is 6.29 Å². The standard InChI is InChI=1S/C28H31N3O3/c1-5-28(2,33)23(19(16-32)17-34-4)14-25-27-22(15-31(25)3)26(18-9-8-10-20(29)13-18)21-11-6-7-12-24(21)30-27/h6-14,16,33H,5,15,17,29H2,1-4H3/b23-19-,25-14-/t28-/m0/s1. The van der Waals surface area contributed by atoms with Crippen molar-refractivity contribution in [1.82, 2.24) is 9.88 Å². The maximum atomic E-state index is 11.9. The summed E-state index contributed by atoms with van der Waals surface area (Å²) in [4.78, 5) is 19.1. The monoisotopic (exact) mass is 457 g/mol. The molecule has 6 heteroatoms. The second-order valence-corrected chi connectivity index (χ2v) is 8.96. The van der Waals surface area contributed by atoms with Crippen LogP contribution in [0.1, 0.15) is 31.5 Å². The van der Waals surface area contributed by atoms with Crippen LogP contribution in [0.4, 0.5) is 5.69 Å². The Morgan fingerprint density at radius 3 is 2.71 bits per heavy atom. The highest BCUT2D eigenvalue weighted by Gasteiger charge is 2.31. The van der Waals surface area contributed by atoms with E-state index in [0.717, 1.165) is 45.3 Å². The SMILES string of the molecule is CC[C@](C)(O)C(/C=C1/c2nc3ccccc3c(-c3cccc(N)c3)c2CN1C)=C(/C=O)COC. The lowest BCUT2D eigenvalue weighted by Crippen LogP contribution is -2.28. The Morgan fingerprint density at radius 1 is 1.26 bits per heavy atom.